The first-order chi connectivity index (χ1) is 32.5. The second-order valence-electron chi connectivity index (χ2n) is 19.3. The minimum absolute atomic E-state index is 1.19. The van der Waals surface area contributed by atoms with E-state index in [1.807, 2.05) is 22.7 Å². The van der Waals surface area contributed by atoms with Crippen molar-refractivity contribution < 1.29 is 0 Å². The summed E-state index contributed by atoms with van der Waals surface area (Å²) < 4.78 is 0. The summed E-state index contributed by atoms with van der Waals surface area (Å²) in [6.45, 7) is 14.0. The molecule has 6 rings (SSSR count). The van der Waals surface area contributed by atoms with Crippen LogP contribution in [0, 0.1) is 0 Å². The van der Waals surface area contributed by atoms with Crippen LogP contribution in [-0.2, 0) is 38.5 Å². The summed E-state index contributed by atoms with van der Waals surface area (Å²) in [7, 11) is 0. The fourth-order valence-electron chi connectivity index (χ4n) is 9.63. The van der Waals surface area contributed by atoms with E-state index in [0.717, 1.165) is 0 Å². The normalized spacial score (nSPS) is 11.8. The van der Waals surface area contributed by atoms with Crippen molar-refractivity contribution in [3.63, 3.8) is 0 Å². The van der Waals surface area contributed by atoms with Crippen molar-refractivity contribution in [1.82, 2.24) is 0 Å². The first-order valence-electron chi connectivity index (χ1n) is 27.2. The molecule has 0 atom stereocenters. The van der Waals surface area contributed by atoms with E-state index < -0.39 is 0 Å². The average Bonchev–Trinajstić information content (AvgIpc) is 4.20. The molecule has 0 bridgehead atoms. The molecule has 0 unspecified atom stereocenters. The van der Waals surface area contributed by atoms with Gasteiger partial charge in [0.2, 0.25) is 0 Å². The summed E-state index contributed by atoms with van der Waals surface area (Å²) in [6, 6.07) is 15.5. The Kier molecular flexibility index (Phi) is 24.4. The van der Waals surface area contributed by atoms with E-state index in [4.69, 9.17) is 0 Å². The Bertz CT molecular complexity index is 2070. The highest BCUT2D eigenvalue weighted by Crippen LogP contribution is 2.52. The lowest BCUT2D eigenvalue weighted by Gasteiger charge is -2.06. The van der Waals surface area contributed by atoms with Gasteiger partial charge in [0.05, 0.1) is 0 Å². The molecule has 0 saturated heterocycles. The fourth-order valence-corrected chi connectivity index (χ4v) is 17.2. The molecule has 0 aliphatic carbocycles. The highest BCUT2D eigenvalue weighted by atomic mass is 32.1. The molecular formula is C60H86S6. The Hall–Kier alpha value is -1.80. The van der Waals surface area contributed by atoms with Crippen molar-refractivity contribution in [3.8, 4) is 48.8 Å². The zero-order valence-electron chi connectivity index (χ0n) is 42.3. The summed E-state index contributed by atoms with van der Waals surface area (Å²) in [5.41, 5.74) is 9.60. The summed E-state index contributed by atoms with van der Waals surface area (Å²) in [4.78, 5) is 15.5. The van der Waals surface area contributed by atoms with E-state index in [2.05, 4.69) is 134 Å². The van der Waals surface area contributed by atoms with Crippen LogP contribution in [0.25, 0.3) is 48.8 Å². The van der Waals surface area contributed by atoms with Crippen LogP contribution in [0.4, 0.5) is 0 Å². The van der Waals surface area contributed by atoms with Crippen LogP contribution in [0.15, 0.2) is 47.2 Å². The van der Waals surface area contributed by atoms with Gasteiger partial charge in [0.1, 0.15) is 0 Å². The quantitative estimate of drug-likeness (QED) is 0.0348. The van der Waals surface area contributed by atoms with E-state index in [0.29, 0.717) is 0 Å². The van der Waals surface area contributed by atoms with Crippen LogP contribution < -0.4 is 0 Å². The van der Waals surface area contributed by atoms with Gasteiger partial charge in [-0.1, -0.05) is 157 Å². The standard InChI is InChI=1S/C60H86S6/c1-7-13-19-25-31-45-37-39-61-55(45)57-47(33-27-21-15-9-3)41-51(63-57)53-43-49(35-29-23-17-11-5)59(65-53)60-50(36-30-24-18-12-6)44-54(66-60)52-42-48(34-28-22-16-10-4)58(64-52)56-46(38-40-62-56)32-26-20-14-8-2/h37-44H,7-36H2,1-6H3. The number of aryl methyl sites for hydroxylation is 6. The molecule has 0 fully saturated rings. The minimum Gasteiger partial charge on any atom is -0.143 e. The van der Waals surface area contributed by atoms with Gasteiger partial charge >= 0.3 is 0 Å². The molecule has 0 spiro atoms. The molecule has 6 heterocycles. The molecule has 6 aromatic heterocycles. The number of unbranched alkanes of at least 4 members (excludes halogenated alkanes) is 18. The third-order valence-electron chi connectivity index (χ3n) is 13.6. The Morgan fingerprint density at radius 2 is 0.485 bits per heavy atom. The van der Waals surface area contributed by atoms with E-state index >= 15 is 0 Å². The molecule has 0 N–H and O–H groups in total. The number of hydrogen-bond acceptors (Lipinski definition) is 6. The molecule has 6 heteroatoms. The molecule has 0 saturated carbocycles. The van der Waals surface area contributed by atoms with E-state index in [1.54, 1.807) is 62.6 Å². The van der Waals surface area contributed by atoms with Gasteiger partial charge in [0.25, 0.3) is 0 Å². The van der Waals surface area contributed by atoms with Crippen LogP contribution in [0.1, 0.15) is 229 Å². The minimum atomic E-state index is 1.19. The third kappa shape index (κ3) is 15.6. The number of rotatable bonds is 35. The SMILES string of the molecule is CCCCCCc1ccsc1-c1sc(-c2cc(CCCCCC)c(-c3sc(-c4cc(CCCCCC)c(-c5sccc5CCCCCC)s4)cc3CCCCCC)s2)cc1CCCCCC. The molecule has 0 amide bonds. The zero-order valence-corrected chi connectivity index (χ0v) is 47.2. The largest absolute Gasteiger partial charge is 0.143 e. The Balaban J connectivity index is 1.41. The summed E-state index contributed by atoms with van der Waals surface area (Å²) in [6.07, 6.45) is 38.8. The van der Waals surface area contributed by atoms with Crippen molar-refractivity contribution in [2.45, 2.75) is 234 Å². The maximum Gasteiger partial charge on any atom is 0.0484 e. The van der Waals surface area contributed by atoms with Crippen LogP contribution in [0.5, 0.6) is 0 Å². The third-order valence-corrected chi connectivity index (χ3v) is 21.1. The Labute approximate surface area is 428 Å². The smallest absolute Gasteiger partial charge is 0.0484 e. The van der Waals surface area contributed by atoms with Crippen molar-refractivity contribution in [1.29, 1.82) is 0 Å². The van der Waals surface area contributed by atoms with Crippen LogP contribution in [0.3, 0.4) is 0 Å². The lowest BCUT2D eigenvalue weighted by Crippen LogP contribution is -1.89. The van der Waals surface area contributed by atoms with Gasteiger partial charge in [0.15, 0.2) is 0 Å². The van der Waals surface area contributed by atoms with Crippen LogP contribution in [0.2, 0.25) is 0 Å². The molecule has 0 radical (unpaired) electrons. The van der Waals surface area contributed by atoms with Gasteiger partial charge in [-0.2, -0.15) is 0 Å². The lowest BCUT2D eigenvalue weighted by molar-refractivity contribution is 0.666. The zero-order chi connectivity index (χ0) is 46.4. The molecule has 0 aliphatic rings. The molecule has 66 heavy (non-hydrogen) atoms. The number of hydrogen-bond donors (Lipinski definition) is 0. The van der Waals surface area contributed by atoms with Gasteiger partial charge in [-0.25, -0.2) is 0 Å². The average molecular weight is 1000 g/mol. The Morgan fingerprint density at radius 3 is 0.727 bits per heavy atom. The second-order valence-corrected chi connectivity index (χ2v) is 25.3. The summed E-state index contributed by atoms with van der Waals surface area (Å²) in [5.74, 6) is 0. The van der Waals surface area contributed by atoms with Crippen molar-refractivity contribution >= 4 is 68.0 Å². The summed E-state index contributed by atoms with van der Waals surface area (Å²) in [5, 5.41) is 4.75. The van der Waals surface area contributed by atoms with Crippen molar-refractivity contribution in [3.05, 3.63) is 80.5 Å². The molecule has 6 aromatic rings. The first kappa shape index (κ1) is 53.5. The van der Waals surface area contributed by atoms with E-state index in [9.17, 15) is 0 Å². The topological polar surface area (TPSA) is 0 Å². The fraction of sp³-hybridized carbons (Fsp3) is 0.600. The highest BCUT2D eigenvalue weighted by Gasteiger charge is 2.24. The number of thiophene rings is 6. The molecule has 0 aromatic carbocycles. The van der Waals surface area contributed by atoms with Gasteiger partial charge < -0.3 is 0 Å². The molecular weight excluding hydrogens is 913 g/mol. The van der Waals surface area contributed by atoms with Gasteiger partial charge in [-0.3, -0.25) is 0 Å². The molecule has 362 valence electrons. The first-order valence-corrected chi connectivity index (χ1v) is 32.2. The lowest BCUT2D eigenvalue weighted by atomic mass is 10.0. The van der Waals surface area contributed by atoms with Gasteiger partial charge in [-0.05, 0) is 158 Å². The molecule has 0 aliphatic heterocycles. The summed E-state index contributed by atoms with van der Waals surface area (Å²) >= 11 is 12.5. The van der Waals surface area contributed by atoms with Gasteiger partial charge in [-0.15, -0.1) is 68.0 Å². The molecule has 0 nitrogen and oxygen atoms in total. The highest BCUT2D eigenvalue weighted by molar-refractivity contribution is 7.30. The van der Waals surface area contributed by atoms with Crippen LogP contribution >= 0.6 is 68.0 Å². The maximum absolute atomic E-state index is 2.67. The Morgan fingerprint density at radius 1 is 0.258 bits per heavy atom. The van der Waals surface area contributed by atoms with E-state index in [1.165, 1.54) is 212 Å². The van der Waals surface area contributed by atoms with E-state index in [-0.39, 0.29) is 0 Å². The van der Waals surface area contributed by atoms with Crippen molar-refractivity contribution in [2.75, 3.05) is 0 Å². The maximum atomic E-state index is 2.67. The second kappa shape index (κ2) is 30.1. The van der Waals surface area contributed by atoms with Crippen LogP contribution in [-0.4, -0.2) is 0 Å². The monoisotopic (exact) mass is 999 g/mol. The van der Waals surface area contributed by atoms with Crippen molar-refractivity contribution in [2.24, 2.45) is 0 Å². The predicted molar refractivity (Wildman–Crippen MR) is 308 cm³/mol. The predicted octanol–water partition coefficient (Wildman–Crippen LogP) is 23.1. The van der Waals surface area contributed by atoms with Gasteiger partial charge in [0, 0.05) is 48.8 Å².